The summed E-state index contributed by atoms with van der Waals surface area (Å²) in [6, 6.07) is 8.48. The molecule has 0 saturated heterocycles. The van der Waals surface area contributed by atoms with Gasteiger partial charge >= 0.3 is 0 Å². The van der Waals surface area contributed by atoms with E-state index in [1.165, 1.54) is 22.3 Å². The molecule has 17 heavy (non-hydrogen) atoms. The van der Waals surface area contributed by atoms with Crippen LogP contribution in [0.2, 0.25) is 0 Å². The minimum atomic E-state index is 0.964. The predicted octanol–water partition coefficient (Wildman–Crippen LogP) is 4.25. The number of allylic oxidation sites excluding steroid dienone is 3. The standard InChI is InChI=1S/C16H21N/c1-11(2)15-7-9-16(10-8-15)13(4)12(3)14(5)17-6/h7-10,17H,1,5H2,2-4,6H3/b13-12-. The number of hydrogen-bond donors (Lipinski definition) is 1. The largest absolute Gasteiger partial charge is 0.388 e. The number of rotatable bonds is 4. The van der Waals surface area contributed by atoms with Crippen LogP contribution in [0, 0.1) is 0 Å². The first-order chi connectivity index (χ1) is 7.97. The van der Waals surface area contributed by atoms with Crippen molar-refractivity contribution < 1.29 is 0 Å². The first-order valence-corrected chi connectivity index (χ1v) is 5.78. The summed E-state index contributed by atoms with van der Waals surface area (Å²) in [5.41, 5.74) is 6.91. The average Bonchev–Trinajstić information content (AvgIpc) is 2.36. The maximum absolute atomic E-state index is 3.98. The van der Waals surface area contributed by atoms with Crippen molar-refractivity contribution in [1.29, 1.82) is 0 Å². The van der Waals surface area contributed by atoms with E-state index in [0.717, 1.165) is 11.3 Å². The van der Waals surface area contributed by atoms with Gasteiger partial charge in [0.25, 0.3) is 0 Å². The summed E-state index contributed by atoms with van der Waals surface area (Å²) in [6.07, 6.45) is 0. The molecular weight excluding hydrogens is 206 g/mol. The van der Waals surface area contributed by atoms with Gasteiger partial charge in [0.2, 0.25) is 0 Å². The smallest absolute Gasteiger partial charge is 0.0297 e. The molecule has 0 spiro atoms. The molecule has 1 rings (SSSR count). The highest BCUT2D eigenvalue weighted by molar-refractivity contribution is 5.72. The van der Waals surface area contributed by atoms with Gasteiger partial charge in [0.05, 0.1) is 0 Å². The lowest BCUT2D eigenvalue weighted by Crippen LogP contribution is -2.06. The summed E-state index contributed by atoms with van der Waals surface area (Å²) >= 11 is 0. The molecule has 1 aromatic rings. The molecule has 1 aromatic carbocycles. The Kier molecular flexibility index (Phi) is 4.33. The number of benzene rings is 1. The van der Waals surface area contributed by atoms with Crippen LogP contribution in [0.1, 0.15) is 31.9 Å². The van der Waals surface area contributed by atoms with Crippen LogP contribution in [0.5, 0.6) is 0 Å². The summed E-state index contributed by atoms with van der Waals surface area (Å²) in [5.74, 6) is 0. The van der Waals surface area contributed by atoms with Crippen molar-refractivity contribution in [1.82, 2.24) is 5.32 Å². The molecule has 0 unspecified atom stereocenters. The monoisotopic (exact) mass is 227 g/mol. The van der Waals surface area contributed by atoms with Gasteiger partial charge in [-0.1, -0.05) is 43.0 Å². The molecule has 0 aliphatic rings. The first-order valence-electron chi connectivity index (χ1n) is 5.78. The Bertz CT molecular complexity index is 461. The molecule has 1 N–H and O–H groups in total. The molecular formula is C16H21N. The lowest BCUT2D eigenvalue weighted by atomic mass is 9.98. The number of likely N-dealkylation sites (N-methyl/N-ethyl adjacent to an activating group) is 1. The third-order valence-corrected chi connectivity index (χ3v) is 3.13. The molecule has 1 heteroatoms. The summed E-state index contributed by atoms with van der Waals surface area (Å²) < 4.78 is 0. The van der Waals surface area contributed by atoms with Crippen molar-refractivity contribution in [2.45, 2.75) is 20.8 Å². The highest BCUT2D eigenvalue weighted by Gasteiger charge is 2.03. The van der Waals surface area contributed by atoms with Crippen molar-refractivity contribution in [2.24, 2.45) is 0 Å². The molecule has 0 aromatic heterocycles. The van der Waals surface area contributed by atoms with Gasteiger partial charge in [-0.3, -0.25) is 0 Å². The fraction of sp³-hybridized carbons (Fsp3) is 0.250. The molecule has 90 valence electrons. The van der Waals surface area contributed by atoms with Crippen molar-refractivity contribution in [3.63, 3.8) is 0 Å². The normalized spacial score (nSPS) is 11.8. The Labute approximate surface area is 105 Å². The van der Waals surface area contributed by atoms with E-state index >= 15 is 0 Å². The molecule has 0 saturated carbocycles. The molecule has 0 bridgehead atoms. The van der Waals surface area contributed by atoms with Gasteiger partial charge in [0, 0.05) is 12.7 Å². The Morgan fingerprint density at radius 2 is 1.41 bits per heavy atom. The number of hydrogen-bond acceptors (Lipinski definition) is 1. The maximum Gasteiger partial charge on any atom is 0.0297 e. The van der Waals surface area contributed by atoms with Crippen molar-refractivity contribution in [2.75, 3.05) is 7.05 Å². The lowest BCUT2D eigenvalue weighted by molar-refractivity contribution is 1.01. The van der Waals surface area contributed by atoms with E-state index in [0.29, 0.717) is 0 Å². The fourth-order valence-electron chi connectivity index (χ4n) is 1.64. The second-order valence-electron chi connectivity index (χ2n) is 4.34. The van der Waals surface area contributed by atoms with Gasteiger partial charge in [-0.05, 0) is 43.0 Å². The SMILES string of the molecule is C=C(NC)/C(C)=C(/C)c1ccc(C(=C)C)cc1. The third kappa shape index (κ3) is 3.10. The second kappa shape index (κ2) is 5.53. The molecule has 1 nitrogen and oxygen atoms in total. The zero-order valence-electron chi connectivity index (χ0n) is 11.2. The minimum absolute atomic E-state index is 0.964. The summed E-state index contributed by atoms with van der Waals surface area (Å²) in [5, 5.41) is 3.08. The zero-order valence-corrected chi connectivity index (χ0v) is 11.2. The summed E-state index contributed by atoms with van der Waals surface area (Å²) in [6.45, 7) is 14.1. The highest BCUT2D eigenvalue weighted by atomic mass is 14.8. The molecule has 0 fully saturated rings. The molecule has 0 aliphatic carbocycles. The van der Waals surface area contributed by atoms with E-state index in [9.17, 15) is 0 Å². The zero-order chi connectivity index (χ0) is 13.0. The minimum Gasteiger partial charge on any atom is -0.388 e. The second-order valence-corrected chi connectivity index (χ2v) is 4.34. The van der Waals surface area contributed by atoms with Crippen LogP contribution in [0.25, 0.3) is 11.1 Å². The van der Waals surface area contributed by atoms with Gasteiger partial charge < -0.3 is 5.32 Å². The van der Waals surface area contributed by atoms with E-state index in [2.05, 4.69) is 56.6 Å². The van der Waals surface area contributed by atoms with E-state index < -0.39 is 0 Å². The van der Waals surface area contributed by atoms with Crippen LogP contribution in [0.15, 0.2) is 48.7 Å². The Hall–Kier alpha value is -1.76. The molecule has 0 aliphatic heterocycles. The van der Waals surface area contributed by atoms with Crippen LogP contribution in [0.3, 0.4) is 0 Å². The predicted molar refractivity (Wildman–Crippen MR) is 77.6 cm³/mol. The summed E-state index contributed by atoms with van der Waals surface area (Å²) in [4.78, 5) is 0. The first kappa shape index (κ1) is 13.3. The van der Waals surface area contributed by atoms with Crippen LogP contribution >= 0.6 is 0 Å². The maximum atomic E-state index is 3.98. The molecule has 0 amide bonds. The average molecular weight is 227 g/mol. The van der Waals surface area contributed by atoms with E-state index in [4.69, 9.17) is 0 Å². The van der Waals surface area contributed by atoms with Gasteiger partial charge in [0.1, 0.15) is 0 Å². The van der Waals surface area contributed by atoms with Gasteiger partial charge in [-0.15, -0.1) is 0 Å². The van der Waals surface area contributed by atoms with Crippen LogP contribution < -0.4 is 5.32 Å². The van der Waals surface area contributed by atoms with Crippen molar-refractivity contribution in [3.8, 4) is 0 Å². The van der Waals surface area contributed by atoms with E-state index in [-0.39, 0.29) is 0 Å². The fourth-order valence-corrected chi connectivity index (χ4v) is 1.64. The lowest BCUT2D eigenvalue weighted by Gasteiger charge is -2.11. The van der Waals surface area contributed by atoms with Crippen LogP contribution in [0.4, 0.5) is 0 Å². The Balaban J connectivity index is 3.09. The Morgan fingerprint density at radius 1 is 0.941 bits per heavy atom. The van der Waals surface area contributed by atoms with Crippen molar-refractivity contribution in [3.05, 3.63) is 59.8 Å². The van der Waals surface area contributed by atoms with Gasteiger partial charge in [0.15, 0.2) is 0 Å². The molecule has 0 atom stereocenters. The highest BCUT2D eigenvalue weighted by Crippen LogP contribution is 2.22. The molecule has 0 radical (unpaired) electrons. The third-order valence-electron chi connectivity index (χ3n) is 3.13. The summed E-state index contributed by atoms with van der Waals surface area (Å²) in [7, 11) is 1.89. The quantitative estimate of drug-likeness (QED) is 0.758. The topological polar surface area (TPSA) is 12.0 Å². The van der Waals surface area contributed by atoms with E-state index in [1.54, 1.807) is 0 Å². The van der Waals surface area contributed by atoms with E-state index in [1.807, 2.05) is 14.0 Å². The van der Waals surface area contributed by atoms with Gasteiger partial charge in [-0.25, -0.2) is 0 Å². The van der Waals surface area contributed by atoms with Crippen LogP contribution in [-0.4, -0.2) is 7.05 Å². The van der Waals surface area contributed by atoms with Crippen molar-refractivity contribution >= 4 is 11.1 Å². The number of nitrogens with one attached hydrogen (secondary N) is 1. The molecule has 0 heterocycles. The van der Waals surface area contributed by atoms with Gasteiger partial charge in [-0.2, -0.15) is 0 Å². The Morgan fingerprint density at radius 3 is 1.82 bits per heavy atom. The van der Waals surface area contributed by atoms with Crippen LogP contribution in [-0.2, 0) is 0 Å².